The van der Waals surface area contributed by atoms with Gasteiger partial charge in [0.2, 0.25) is 5.91 Å². The normalized spacial score (nSPS) is 23.4. The number of amides is 1. The summed E-state index contributed by atoms with van der Waals surface area (Å²) in [6.07, 6.45) is 6.04. The molecule has 84 valence electrons. The lowest BCUT2D eigenvalue weighted by Crippen LogP contribution is -2.24. The third-order valence-corrected chi connectivity index (χ3v) is 3.10. The highest BCUT2D eigenvalue weighted by atomic mass is 79.9. The Kier molecular flexibility index (Phi) is 3.36. The largest absolute Gasteiger partial charge is 0.324 e. The van der Waals surface area contributed by atoms with Crippen LogP contribution in [0.25, 0.3) is 0 Å². The molecule has 5 heteroatoms. The number of carbonyl (C=O) groups is 1. The quantitative estimate of drug-likeness (QED) is 0.640. The van der Waals surface area contributed by atoms with Gasteiger partial charge in [-0.3, -0.25) is 4.79 Å². The van der Waals surface area contributed by atoms with Crippen LogP contribution >= 0.6 is 15.9 Å². The molecule has 0 saturated heterocycles. The van der Waals surface area contributed by atoms with Gasteiger partial charge in [-0.15, -0.1) is 0 Å². The molecular weight excluding hydrogens is 270 g/mol. The van der Waals surface area contributed by atoms with E-state index in [4.69, 9.17) is 5.73 Å². The third kappa shape index (κ3) is 2.48. The second kappa shape index (κ2) is 4.76. The number of carbonyl (C=O) groups excluding carboxylic acids is 1. The van der Waals surface area contributed by atoms with Crippen LogP contribution in [0.5, 0.6) is 0 Å². The van der Waals surface area contributed by atoms with Crippen molar-refractivity contribution in [1.29, 1.82) is 0 Å². The highest BCUT2D eigenvalue weighted by molar-refractivity contribution is 9.10. The predicted molar refractivity (Wildman–Crippen MR) is 65.8 cm³/mol. The molecule has 2 atom stereocenters. The average Bonchev–Trinajstić information content (AvgIpc) is 2.68. The summed E-state index contributed by atoms with van der Waals surface area (Å²) in [5, 5.41) is 2.82. The fourth-order valence-electron chi connectivity index (χ4n) is 1.63. The highest BCUT2D eigenvalue weighted by Gasteiger charge is 2.23. The SMILES string of the molecule is NC1C=CC(C(=O)Nc2cccnc2Br)C1. The van der Waals surface area contributed by atoms with Gasteiger partial charge in [0.05, 0.1) is 11.6 Å². The second-order valence-corrected chi connectivity index (χ2v) is 4.47. The van der Waals surface area contributed by atoms with Crippen molar-refractivity contribution in [1.82, 2.24) is 4.98 Å². The molecule has 2 unspecified atom stereocenters. The Morgan fingerprint density at radius 1 is 1.56 bits per heavy atom. The molecule has 1 aliphatic carbocycles. The van der Waals surface area contributed by atoms with Gasteiger partial charge in [-0.25, -0.2) is 4.98 Å². The van der Waals surface area contributed by atoms with Crippen LogP contribution < -0.4 is 11.1 Å². The van der Waals surface area contributed by atoms with Gasteiger partial charge in [-0.05, 0) is 34.5 Å². The van der Waals surface area contributed by atoms with Crippen molar-refractivity contribution in [2.45, 2.75) is 12.5 Å². The van der Waals surface area contributed by atoms with Gasteiger partial charge in [0.25, 0.3) is 0 Å². The molecule has 3 N–H and O–H groups in total. The number of hydrogen-bond donors (Lipinski definition) is 2. The summed E-state index contributed by atoms with van der Waals surface area (Å²) in [4.78, 5) is 15.9. The number of rotatable bonds is 2. The number of nitrogens with one attached hydrogen (secondary N) is 1. The number of pyridine rings is 1. The van der Waals surface area contributed by atoms with Crippen molar-refractivity contribution >= 4 is 27.5 Å². The molecule has 0 aliphatic heterocycles. The van der Waals surface area contributed by atoms with Crippen molar-refractivity contribution < 1.29 is 4.79 Å². The van der Waals surface area contributed by atoms with Gasteiger partial charge in [-0.2, -0.15) is 0 Å². The van der Waals surface area contributed by atoms with Crippen LogP contribution in [-0.4, -0.2) is 16.9 Å². The summed E-state index contributed by atoms with van der Waals surface area (Å²) in [5.41, 5.74) is 6.38. The van der Waals surface area contributed by atoms with Gasteiger partial charge >= 0.3 is 0 Å². The zero-order valence-corrected chi connectivity index (χ0v) is 10.1. The van der Waals surface area contributed by atoms with E-state index in [1.807, 2.05) is 12.2 Å². The van der Waals surface area contributed by atoms with E-state index in [-0.39, 0.29) is 17.9 Å². The lowest BCUT2D eigenvalue weighted by Gasteiger charge is -2.11. The molecule has 1 amide bonds. The van der Waals surface area contributed by atoms with Crippen molar-refractivity contribution in [3.8, 4) is 0 Å². The molecule has 1 heterocycles. The van der Waals surface area contributed by atoms with E-state index in [9.17, 15) is 4.79 Å². The summed E-state index contributed by atoms with van der Waals surface area (Å²) < 4.78 is 0.634. The number of nitrogens with zero attached hydrogens (tertiary/aromatic N) is 1. The van der Waals surface area contributed by atoms with Crippen molar-refractivity contribution in [2.75, 3.05) is 5.32 Å². The first-order valence-corrected chi connectivity index (χ1v) is 5.81. The van der Waals surface area contributed by atoms with Gasteiger partial charge in [0, 0.05) is 12.2 Å². The summed E-state index contributed by atoms with van der Waals surface area (Å²) in [6, 6.07) is 3.57. The molecule has 0 spiro atoms. The van der Waals surface area contributed by atoms with Gasteiger partial charge in [0.15, 0.2) is 0 Å². The first-order chi connectivity index (χ1) is 7.66. The lowest BCUT2D eigenvalue weighted by molar-refractivity contribution is -0.118. The number of anilines is 1. The van der Waals surface area contributed by atoms with E-state index in [0.29, 0.717) is 16.7 Å². The third-order valence-electron chi connectivity index (χ3n) is 2.47. The molecule has 0 aromatic carbocycles. The van der Waals surface area contributed by atoms with Crippen molar-refractivity contribution in [3.63, 3.8) is 0 Å². The Morgan fingerprint density at radius 3 is 3.00 bits per heavy atom. The fourth-order valence-corrected chi connectivity index (χ4v) is 1.98. The molecule has 1 aliphatic rings. The smallest absolute Gasteiger partial charge is 0.231 e. The Balaban J connectivity index is 2.03. The first kappa shape index (κ1) is 11.3. The summed E-state index contributed by atoms with van der Waals surface area (Å²) in [6.45, 7) is 0. The minimum atomic E-state index is -0.137. The molecule has 16 heavy (non-hydrogen) atoms. The zero-order chi connectivity index (χ0) is 11.5. The molecule has 0 radical (unpaired) electrons. The van der Waals surface area contributed by atoms with E-state index >= 15 is 0 Å². The van der Waals surface area contributed by atoms with E-state index < -0.39 is 0 Å². The Bertz CT molecular complexity index is 433. The minimum absolute atomic E-state index is 0.00640. The van der Waals surface area contributed by atoms with Crippen LogP contribution in [0.2, 0.25) is 0 Å². The van der Waals surface area contributed by atoms with Gasteiger partial charge < -0.3 is 11.1 Å². The Labute approximate surface area is 102 Å². The molecule has 2 rings (SSSR count). The number of aromatic nitrogens is 1. The van der Waals surface area contributed by atoms with E-state index in [2.05, 4.69) is 26.2 Å². The monoisotopic (exact) mass is 281 g/mol. The molecule has 1 aromatic heterocycles. The molecular formula is C11H12BrN3O. The van der Waals surface area contributed by atoms with Crippen LogP contribution in [0.15, 0.2) is 35.1 Å². The molecule has 0 fully saturated rings. The van der Waals surface area contributed by atoms with Crippen molar-refractivity contribution in [3.05, 3.63) is 35.1 Å². The second-order valence-electron chi connectivity index (χ2n) is 3.72. The summed E-state index contributed by atoms with van der Waals surface area (Å²) in [7, 11) is 0. The molecule has 4 nitrogen and oxygen atoms in total. The molecule has 1 aromatic rings. The van der Waals surface area contributed by atoms with Crippen molar-refractivity contribution in [2.24, 2.45) is 11.7 Å². The standard InChI is InChI=1S/C11H12BrN3O/c12-10-9(2-1-5-14-10)15-11(16)7-3-4-8(13)6-7/h1-5,7-8H,6,13H2,(H,15,16). The maximum Gasteiger partial charge on any atom is 0.231 e. The average molecular weight is 282 g/mol. The Morgan fingerprint density at radius 2 is 2.38 bits per heavy atom. The fraction of sp³-hybridized carbons (Fsp3) is 0.273. The number of nitrogens with two attached hydrogens (primary N) is 1. The molecule has 0 bridgehead atoms. The minimum Gasteiger partial charge on any atom is -0.324 e. The lowest BCUT2D eigenvalue weighted by atomic mass is 10.1. The number of halogens is 1. The van der Waals surface area contributed by atoms with Crippen LogP contribution in [0.4, 0.5) is 5.69 Å². The van der Waals surface area contributed by atoms with Gasteiger partial charge in [-0.1, -0.05) is 12.2 Å². The van der Waals surface area contributed by atoms with E-state index in [1.54, 1.807) is 18.3 Å². The first-order valence-electron chi connectivity index (χ1n) is 5.02. The van der Waals surface area contributed by atoms with Crippen LogP contribution in [0.1, 0.15) is 6.42 Å². The predicted octanol–water partition coefficient (Wildman–Crippen LogP) is 1.69. The molecule has 0 saturated carbocycles. The van der Waals surface area contributed by atoms with E-state index in [1.165, 1.54) is 0 Å². The zero-order valence-electron chi connectivity index (χ0n) is 8.56. The van der Waals surface area contributed by atoms with E-state index in [0.717, 1.165) is 0 Å². The topological polar surface area (TPSA) is 68.0 Å². The van der Waals surface area contributed by atoms with Crippen LogP contribution in [0, 0.1) is 5.92 Å². The maximum absolute atomic E-state index is 11.8. The van der Waals surface area contributed by atoms with Crippen LogP contribution in [-0.2, 0) is 4.79 Å². The summed E-state index contributed by atoms with van der Waals surface area (Å²) in [5.74, 6) is -0.181. The Hall–Kier alpha value is -1.20. The van der Waals surface area contributed by atoms with Crippen LogP contribution in [0.3, 0.4) is 0 Å². The maximum atomic E-state index is 11.8. The highest BCUT2D eigenvalue weighted by Crippen LogP contribution is 2.22. The van der Waals surface area contributed by atoms with Gasteiger partial charge in [0.1, 0.15) is 4.60 Å². The summed E-state index contributed by atoms with van der Waals surface area (Å²) >= 11 is 3.28. The number of hydrogen-bond acceptors (Lipinski definition) is 3.